The van der Waals surface area contributed by atoms with Gasteiger partial charge in [0.25, 0.3) is 0 Å². The lowest BCUT2D eigenvalue weighted by Crippen LogP contribution is -1.82. The second-order valence-corrected chi connectivity index (χ2v) is 2.15. The van der Waals surface area contributed by atoms with Gasteiger partial charge in [-0.3, -0.25) is 0 Å². The van der Waals surface area contributed by atoms with E-state index in [1.807, 2.05) is 0 Å². The Labute approximate surface area is 66.7 Å². The molecule has 0 aliphatic heterocycles. The van der Waals surface area contributed by atoms with E-state index in [-0.39, 0.29) is 10.8 Å². The Morgan fingerprint density at radius 1 is 1.55 bits per heavy atom. The van der Waals surface area contributed by atoms with Gasteiger partial charge >= 0.3 is 0 Å². The molecule has 0 saturated heterocycles. The van der Waals surface area contributed by atoms with E-state index in [0.717, 1.165) is 6.07 Å². The first kappa shape index (κ1) is 7.94. The molecule has 0 aliphatic rings. The number of hydrogen-bond acceptors (Lipinski definition) is 3. The number of rotatable bonds is 2. The van der Waals surface area contributed by atoms with Crippen LogP contribution in [0.5, 0.6) is 5.75 Å². The van der Waals surface area contributed by atoms with E-state index in [4.69, 9.17) is 11.6 Å². The van der Waals surface area contributed by atoms with Crippen molar-refractivity contribution in [3.05, 3.63) is 33.9 Å². The van der Waals surface area contributed by atoms with Gasteiger partial charge in [-0.25, -0.2) is 4.39 Å². The largest absolute Gasteiger partial charge is 0.324 e. The molecule has 5 heteroatoms. The Balaban J connectivity index is 2.95. The van der Waals surface area contributed by atoms with Crippen LogP contribution in [0.4, 0.5) is 4.39 Å². The zero-order valence-electron chi connectivity index (χ0n) is 5.25. The number of nitrogens with zero attached hydrogens (tertiary/aromatic N) is 1. The Hall–Kier alpha value is -1.16. The lowest BCUT2D eigenvalue weighted by molar-refractivity contribution is 0.333. The van der Waals surface area contributed by atoms with E-state index < -0.39 is 5.82 Å². The van der Waals surface area contributed by atoms with Crippen molar-refractivity contribution >= 4 is 11.6 Å². The molecule has 3 nitrogen and oxygen atoms in total. The van der Waals surface area contributed by atoms with Gasteiger partial charge in [0, 0.05) is 6.07 Å². The molecular formula is C6H3ClFNO2. The van der Waals surface area contributed by atoms with Gasteiger partial charge in [-0.05, 0) is 12.1 Å². The first-order chi connectivity index (χ1) is 5.24. The molecule has 0 unspecified atom stereocenters. The summed E-state index contributed by atoms with van der Waals surface area (Å²) in [5, 5.41) is 2.09. The van der Waals surface area contributed by atoms with Gasteiger partial charge in [0.1, 0.15) is 5.82 Å². The fraction of sp³-hybridized carbons (Fsp3) is 0. The Kier molecular flexibility index (Phi) is 2.38. The van der Waals surface area contributed by atoms with Gasteiger partial charge in [0.2, 0.25) is 0 Å². The van der Waals surface area contributed by atoms with Gasteiger partial charge in [-0.1, -0.05) is 11.6 Å². The van der Waals surface area contributed by atoms with Crippen molar-refractivity contribution in [2.45, 2.75) is 0 Å². The molecule has 0 aliphatic carbocycles. The minimum absolute atomic E-state index is 0.0248. The molecule has 0 aromatic heterocycles. The van der Waals surface area contributed by atoms with Crippen LogP contribution in [0.25, 0.3) is 0 Å². The lowest BCUT2D eigenvalue weighted by atomic mass is 10.3. The molecule has 0 saturated carbocycles. The summed E-state index contributed by atoms with van der Waals surface area (Å²) in [6.45, 7) is 0. The normalized spacial score (nSPS) is 9.27. The van der Waals surface area contributed by atoms with Crippen LogP contribution in [-0.2, 0) is 0 Å². The standard InChI is InChI=1S/C6H3ClFNO2/c7-5-2-1-4(11-9-10)3-6(5)8/h1-3H. The summed E-state index contributed by atoms with van der Waals surface area (Å²) in [6, 6.07) is 3.59. The molecule has 0 radical (unpaired) electrons. The maximum atomic E-state index is 12.5. The maximum absolute atomic E-state index is 12.5. The Morgan fingerprint density at radius 2 is 2.27 bits per heavy atom. The molecule has 11 heavy (non-hydrogen) atoms. The van der Waals surface area contributed by atoms with Crippen molar-refractivity contribution in [3.63, 3.8) is 0 Å². The third-order valence-corrected chi connectivity index (χ3v) is 1.34. The second-order valence-electron chi connectivity index (χ2n) is 1.74. The quantitative estimate of drug-likeness (QED) is 0.512. The molecular weight excluding hydrogens is 173 g/mol. The van der Waals surface area contributed by atoms with Crippen molar-refractivity contribution in [2.24, 2.45) is 5.34 Å². The number of hydrogen-bond donors (Lipinski definition) is 0. The highest BCUT2D eigenvalue weighted by molar-refractivity contribution is 6.30. The molecule has 0 bridgehead atoms. The minimum Gasteiger partial charge on any atom is -0.324 e. The molecule has 1 aromatic rings. The van der Waals surface area contributed by atoms with Crippen LogP contribution < -0.4 is 4.84 Å². The van der Waals surface area contributed by atoms with E-state index in [9.17, 15) is 9.30 Å². The highest BCUT2D eigenvalue weighted by atomic mass is 35.5. The summed E-state index contributed by atoms with van der Waals surface area (Å²) in [4.78, 5) is 13.7. The van der Waals surface area contributed by atoms with E-state index in [2.05, 4.69) is 10.2 Å². The number of benzene rings is 1. The van der Waals surface area contributed by atoms with E-state index >= 15 is 0 Å². The fourth-order valence-corrected chi connectivity index (χ4v) is 0.694. The molecule has 1 rings (SSSR count). The van der Waals surface area contributed by atoms with Crippen LogP contribution in [-0.4, -0.2) is 0 Å². The maximum Gasteiger partial charge on any atom is 0.164 e. The molecule has 0 N–H and O–H groups in total. The van der Waals surface area contributed by atoms with Crippen molar-refractivity contribution in [2.75, 3.05) is 0 Å². The predicted molar refractivity (Wildman–Crippen MR) is 37.8 cm³/mol. The van der Waals surface area contributed by atoms with Crippen molar-refractivity contribution in [1.29, 1.82) is 0 Å². The van der Waals surface area contributed by atoms with Gasteiger partial charge in [0.05, 0.1) is 5.02 Å². The Morgan fingerprint density at radius 3 is 2.82 bits per heavy atom. The third kappa shape index (κ3) is 1.88. The van der Waals surface area contributed by atoms with E-state index in [1.165, 1.54) is 12.1 Å². The second kappa shape index (κ2) is 3.30. The molecule has 58 valence electrons. The SMILES string of the molecule is O=NOc1ccc(Cl)c(F)c1. The molecule has 0 heterocycles. The monoisotopic (exact) mass is 175 g/mol. The molecule has 0 fully saturated rings. The summed E-state index contributed by atoms with van der Waals surface area (Å²) in [7, 11) is 0. The zero-order chi connectivity index (χ0) is 8.27. The summed E-state index contributed by atoms with van der Waals surface area (Å²) >= 11 is 5.34. The van der Waals surface area contributed by atoms with Gasteiger partial charge in [0.15, 0.2) is 11.1 Å². The van der Waals surface area contributed by atoms with E-state index in [0.29, 0.717) is 0 Å². The highest BCUT2D eigenvalue weighted by Crippen LogP contribution is 2.20. The van der Waals surface area contributed by atoms with Crippen LogP contribution in [0.3, 0.4) is 0 Å². The predicted octanol–water partition coefficient (Wildman–Crippen LogP) is 2.54. The van der Waals surface area contributed by atoms with Gasteiger partial charge < -0.3 is 4.84 Å². The number of halogens is 2. The van der Waals surface area contributed by atoms with Crippen molar-refractivity contribution in [1.82, 2.24) is 0 Å². The fourth-order valence-electron chi connectivity index (χ4n) is 0.577. The average Bonchev–Trinajstić information content (AvgIpc) is 1.98. The minimum atomic E-state index is -0.646. The smallest absolute Gasteiger partial charge is 0.164 e. The molecule has 1 aromatic carbocycles. The van der Waals surface area contributed by atoms with Crippen LogP contribution in [0.15, 0.2) is 23.5 Å². The van der Waals surface area contributed by atoms with Crippen molar-refractivity contribution in [3.8, 4) is 5.75 Å². The first-order valence-corrected chi connectivity index (χ1v) is 3.06. The first-order valence-electron chi connectivity index (χ1n) is 2.69. The zero-order valence-corrected chi connectivity index (χ0v) is 6.01. The summed E-state index contributed by atoms with van der Waals surface area (Å²) in [5.74, 6) is -0.616. The summed E-state index contributed by atoms with van der Waals surface area (Å²) < 4.78 is 12.5. The van der Waals surface area contributed by atoms with Gasteiger partial charge in [-0.15, -0.1) is 4.91 Å². The third-order valence-electron chi connectivity index (χ3n) is 1.03. The highest BCUT2D eigenvalue weighted by Gasteiger charge is 2.01. The lowest BCUT2D eigenvalue weighted by Gasteiger charge is -1.95. The van der Waals surface area contributed by atoms with Crippen LogP contribution in [0.1, 0.15) is 0 Å². The Bertz CT molecular complexity index is 279. The van der Waals surface area contributed by atoms with E-state index in [1.54, 1.807) is 0 Å². The summed E-state index contributed by atoms with van der Waals surface area (Å²) in [5.41, 5.74) is 0. The van der Waals surface area contributed by atoms with Crippen LogP contribution in [0.2, 0.25) is 5.02 Å². The van der Waals surface area contributed by atoms with Gasteiger partial charge in [-0.2, -0.15) is 0 Å². The van der Waals surface area contributed by atoms with Crippen LogP contribution >= 0.6 is 11.6 Å². The topological polar surface area (TPSA) is 38.7 Å². The molecule has 0 amide bonds. The van der Waals surface area contributed by atoms with Crippen LogP contribution in [0, 0.1) is 10.7 Å². The molecule has 0 atom stereocenters. The molecule has 0 spiro atoms. The average molecular weight is 176 g/mol. The van der Waals surface area contributed by atoms with Crippen molar-refractivity contribution < 1.29 is 9.23 Å². The summed E-state index contributed by atoms with van der Waals surface area (Å²) in [6.07, 6.45) is 0.